The molecule has 0 N–H and O–H groups in total. The van der Waals surface area contributed by atoms with Crippen LogP contribution in [0, 0.1) is 0 Å². The van der Waals surface area contributed by atoms with Crippen LogP contribution in [-0.2, 0) is 0 Å². The van der Waals surface area contributed by atoms with Crippen molar-refractivity contribution in [1.82, 2.24) is 9.13 Å². The average Bonchev–Trinajstić information content (AvgIpc) is 3.85. The SMILES string of the molecule is c1ccc2c(c1)sc1ccc3c(c4ccccc4n3-c3ccc(-n4c5ccccc5c5c6c(ccc54)sc4ccccc46)cc3)c12. The van der Waals surface area contributed by atoms with E-state index in [-0.39, 0.29) is 0 Å². The van der Waals surface area contributed by atoms with Crippen molar-refractivity contribution in [2.75, 3.05) is 0 Å². The van der Waals surface area contributed by atoms with E-state index < -0.39 is 0 Å². The fraction of sp³-hybridized carbons (Fsp3) is 0. The van der Waals surface area contributed by atoms with E-state index in [1.54, 1.807) is 0 Å². The molecule has 0 unspecified atom stereocenters. The van der Waals surface area contributed by atoms with Gasteiger partial charge in [-0.3, -0.25) is 0 Å². The van der Waals surface area contributed by atoms with E-state index in [0.717, 1.165) is 0 Å². The van der Waals surface area contributed by atoms with Crippen molar-refractivity contribution < 1.29 is 0 Å². The monoisotopic (exact) mass is 620 g/mol. The lowest BCUT2D eigenvalue weighted by molar-refractivity contribution is 1.15. The van der Waals surface area contributed by atoms with Gasteiger partial charge in [0, 0.05) is 73.3 Å². The largest absolute Gasteiger partial charge is 0.309 e. The molecule has 2 nitrogen and oxygen atoms in total. The number of aromatic nitrogens is 2. The lowest BCUT2D eigenvalue weighted by Gasteiger charge is -2.12. The van der Waals surface area contributed by atoms with Gasteiger partial charge in [0.15, 0.2) is 0 Å². The molecule has 4 aromatic heterocycles. The van der Waals surface area contributed by atoms with Crippen LogP contribution >= 0.6 is 22.7 Å². The average molecular weight is 621 g/mol. The second-order valence-electron chi connectivity index (χ2n) is 12.1. The molecule has 0 spiro atoms. The van der Waals surface area contributed by atoms with Gasteiger partial charge in [0.05, 0.1) is 22.1 Å². The third-order valence-corrected chi connectivity index (χ3v) is 12.0. The summed E-state index contributed by atoms with van der Waals surface area (Å²) in [6.07, 6.45) is 0. The molecule has 0 atom stereocenters. The first-order valence-corrected chi connectivity index (χ1v) is 17.2. The Labute approximate surface area is 271 Å². The zero-order valence-corrected chi connectivity index (χ0v) is 26.2. The summed E-state index contributed by atoms with van der Waals surface area (Å²) in [6, 6.07) is 53.7. The molecule has 11 rings (SSSR count). The molecule has 0 aliphatic heterocycles. The molecule has 0 amide bonds. The van der Waals surface area contributed by atoms with Crippen LogP contribution in [0.3, 0.4) is 0 Å². The molecular weight excluding hydrogens is 597 g/mol. The van der Waals surface area contributed by atoms with E-state index in [1.165, 1.54) is 95.3 Å². The number of nitrogens with zero attached hydrogens (tertiary/aromatic N) is 2. The third kappa shape index (κ3) is 3.20. The van der Waals surface area contributed by atoms with E-state index in [2.05, 4.69) is 155 Å². The van der Waals surface area contributed by atoms with Gasteiger partial charge in [0.25, 0.3) is 0 Å². The van der Waals surface area contributed by atoms with E-state index in [4.69, 9.17) is 0 Å². The molecular formula is C42H24N2S2. The fourth-order valence-corrected chi connectivity index (χ4v) is 10.1. The van der Waals surface area contributed by atoms with Gasteiger partial charge in [-0.25, -0.2) is 0 Å². The highest BCUT2D eigenvalue weighted by atomic mass is 32.1. The van der Waals surface area contributed by atoms with E-state index in [0.29, 0.717) is 0 Å². The minimum atomic E-state index is 1.17. The summed E-state index contributed by atoms with van der Waals surface area (Å²) in [5.41, 5.74) is 7.29. The van der Waals surface area contributed by atoms with Crippen LogP contribution in [0.25, 0.3) is 95.3 Å². The number of hydrogen-bond donors (Lipinski definition) is 0. The maximum Gasteiger partial charge on any atom is 0.0548 e. The number of fused-ring (bicyclic) bond motifs is 14. The molecule has 214 valence electrons. The van der Waals surface area contributed by atoms with Gasteiger partial charge in [-0.2, -0.15) is 0 Å². The first kappa shape index (κ1) is 24.8. The Balaban J connectivity index is 1.16. The topological polar surface area (TPSA) is 9.86 Å². The summed E-state index contributed by atoms with van der Waals surface area (Å²) < 4.78 is 10.2. The van der Waals surface area contributed by atoms with E-state index in [1.807, 2.05) is 22.7 Å². The lowest BCUT2D eigenvalue weighted by atomic mass is 10.1. The summed E-state index contributed by atoms with van der Waals surface area (Å²) in [7, 11) is 0. The minimum Gasteiger partial charge on any atom is -0.309 e. The van der Waals surface area contributed by atoms with Gasteiger partial charge in [0.2, 0.25) is 0 Å². The van der Waals surface area contributed by atoms with Crippen molar-refractivity contribution in [3.05, 3.63) is 146 Å². The molecule has 4 heterocycles. The predicted octanol–water partition coefficient (Wildman–Crippen LogP) is 12.6. The molecule has 11 aromatic rings. The summed E-state index contributed by atoms with van der Waals surface area (Å²) >= 11 is 3.77. The molecule has 0 aliphatic carbocycles. The van der Waals surface area contributed by atoms with Gasteiger partial charge < -0.3 is 9.13 Å². The van der Waals surface area contributed by atoms with Gasteiger partial charge in [-0.1, -0.05) is 72.8 Å². The Kier molecular flexibility index (Phi) is 4.90. The van der Waals surface area contributed by atoms with E-state index >= 15 is 0 Å². The van der Waals surface area contributed by atoms with Gasteiger partial charge in [0.1, 0.15) is 0 Å². The normalized spacial score (nSPS) is 12.3. The summed E-state index contributed by atoms with van der Waals surface area (Å²) in [6.45, 7) is 0. The highest BCUT2D eigenvalue weighted by Gasteiger charge is 2.20. The third-order valence-electron chi connectivity index (χ3n) is 9.72. The zero-order valence-electron chi connectivity index (χ0n) is 24.6. The minimum absolute atomic E-state index is 1.17. The standard InChI is InChI=1S/C42H24N2S2/c1-5-13-31-27(9-1)39-33(21-23-37-41(39)29-11-3-7-15-35(29)45-37)43(31)25-17-19-26(20-18-25)44-32-14-6-2-10-28(32)40-34(44)22-24-38-42(40)30-12-4-8-16-36(30)46-38/h1-24H. The van der Waals surface area contributed by atoms with Crippen molar-refractivity contribution in [2.45, 2.75) is 0 Å². The smallest absolute Gasteiger partial charge is 0.0548 e. The predicted molar refractivity (Wildman–Crippen MR) is 201 cm³/mol. The van der Waals surface area contributed by atoms with Crippen LogP contribution in [0.5, 0.6) is 0 Å². The molecule has 0 fully saturated rings. The summed E-state index contributed by atoms with van der Waals surface area (Å²) in [4.78, 5) is 0. The van der Waals surface area contributed by atoms with Crippen LogP contribution in [0.15, 0.2) is 146 Å². The number of hydrogen-bond acceptors (Lipinski definition) is 2. The molecule has 0 bridgehead atoms. The van der Waals surface area contributed by atoms with Gasteiger partial charge >= 0.3 is 0 Å². The Morgan fingerprint density at radius 1 is 0.283 bits per heavy atom. The molecule has 0 aliphatic rings. The Bertz CT molecular complexity index is 2810. The zero-order chi connectivity index (χ0) is 29.9. The van der Waals surface area contributed by atoms with Crippen LogP contribution in [-0.4, -0.2) is 9.13 Å². The highest BCUT2D eigenvalue weighted by molar-refractivity contribution is 7.26. The Morgan fingerprint density at radius 3 is 1.13 bits per heavy atom. The number of benzene rings is 7. The number of para-hydroxylation sites is 2. The number of thiophene rings is 2. The van der Waals surface area contributed by atoms with Gasteiger partial charge in [-0.15, -0.1) is 22.7 Å². The molecule has 0 radical (unpaired) electrons. The molecule has 4 heteroatoms. The quantitative estimate of drug-likeness (QED) is 0.182. The Morgan fingerprint density at radius 2 is 0.674 bits per heavy atom. The van der Waals surface area contributed by atoms with Crippen molar-refractivity contribution in [3.63, 3.8) is 0 Å². The van der Waals surface area contributed by atoms with Crippen LogP contribution < -0.4 is 0 Å². The van der Waals surface area contributed by atoms with Crippen molar-refractivity contribution in [2.24, 2.45) is 0 Å². The molecule has 7 aromatic carbocycles. The van der Waals surface area contributed by atoms with Crippen LogP contribution in [0.4, 0.5) is 0 Å². The first-order chi connectivity index (χ1) is 22.8. The van der Waals surface area contributed by atoms with Crippen LogP contribution in [0.1, 0.15) is 0 Å². The number of rotatable bonds is 2. The van der Waals surface area contributed by atoms with Crippen molar-refractivity contribution in [3.8, 4) is 11.4 Å². The molecule has 0 saturated heterocycles. The van der Waals surface area contributed by atoms with Crippen LogP contribution in [0.2, 0.25) is 0 Å². The summed E-state index contributed by atoms with van der Waals surface area (Å²) in [5.74, 6) is 0. The first-order valence-electron chi connectivity index (χ1n) is 15.6. The van der Waals surface area contributed by atoms with Crippen molar-refractivity contribution in [1.29, 1.82) is 0 Å². The van der Waals surface area contributed by atoms with Crippen molar-refractivity contribution >= 4 is 107 Å². The fourth-order valence-electron chi connectivity index (χ4n) is 7.86. The maximum absolute atomic E-state index is 2.44. The molecule has 46 heavy (non-hydrogen) atoms. The van der Waals surface area contributed by atoms with Gasteiger partial charge in [-0.05, 0) is 72.8 Å². The maximum atomic E-state index is 2.44. The lowest BCUT2D eigenvalue weighted by Crippen LogP contribution is -1.97. The Hall–Kier alpha value is -5.42. The summed E-state index contributed by atoms with van der Waals surface area (Å²) in [5, 5.41) is 10.7. The highest BCUT2D eigenvalue weighted by Crippen LogP contribution is 2.45. The molecule has 0 saturated carbocycles. The second kappa shape index (κ2) is 9.07. The second-order valence-corrected chi connectivity index (χ2v) is 14.3. The van der Waals surface area contributed by atoms with E-state index in [9.17, 15) is 0 Å².